The average Bonchev–Trinajstić information content (AvgIpc) is 3.46. The molecular weight excluding hydrogens is 473 g/mol. The molecule has 2 saturated heterocycles. The van der Waals surface area contributed by atoms with Gasteiger partial charge in [-0.1, -0.05) is 30.8 Å². The number of nitrogens with zero attached hydrogens (tertiary/aromatic N) is 3. The number of piperidine rings is 1. The van der Waals surface area contributed by atoms with Crippen molar-refractivity contribution in [2.24, 2.45) is 5.92 Å². The van der Waals surface area contributed by atoms with Crippen LogP contribution in [0.2, 0.25) is 0 Å². The fourth-order valence-corrected chi connectivity index (χ4v) is 7.40. The van der Waals surface area contributed by atoms with E-state index < -0.39 is 10.0 Å². The zero-order valence-electron chi connectivity index (χ0n) is 19.3. The normalized spacial score (nSPS) is 21.9. The molecule has 34 heavy (non-hydrogen) atoms. The van der Waals surface area contributed by atoms with Crippen LogP contribution in [0, 0.1) is 11.7 Å². The molecule has 3 heterocycles. The van der Waals surface area contributed by atoms with E-state index in [2.05, 4.69) is 11.5 Å². The zero-order chi connectivity index (χ0) is 23.7. The van der Waals surface area contributed by atoms with Crippen molar-refractivity contribution in [3.05, 3.63) is 53.8 Å². The lowest BCUT2D eigenvalue weighted by Crippen LogP contribution is -2.39. The molecule has 0 radical (unpaired) electrons. The summed E-state index contributed by atoms with van der Waals surface area (Å²) in [6.45, 7) is 4.65. The number of imidazole rings is 1. The van der Waals surface area contributed by atoms with Crippen LogP contribution in [0.25, 0.3) is 11.0 Å². The molecule has 2 aliphatic rings. The summed E-state index contributed by atoms with van der Waals surface area (Å²) < 4.78 is 49.9. The zero-order valence-corrected chi connectivity index (χ0v) is 21.0. The largest absolute Gasteiger partial charge is 0.376 e. The van der Waals surface area contributed by atoms with Crippen LogP contribution >= 0.6 is 11.8 Å². The van der Waals surface area contributed by atoms with Crippen molar-refractivity contribution in [1.82, 2.24) is 13.9 Å². The molecule has 0 saturated carbocycles. The van der Waals surface area contributed by atoms with Gasteiger partial charge in [-0.05, 0) is 67.5 Å². The molecule has 2 atom stereocenters. The van der Waals surface area contributed by atoms with Gasteiger partial charge in [0.2, 0.25) is 10.0 Å². The molecule has 6 nitrogen and oxygen atoms in total. The number of rotatable bonds is 7. The Morgan fingerprint density at radius 1 is 1.18 bits per heavy atom. The van der Waals surface area contributed by atoms with Crippen molar-refractivity contribution in [2.45, 2.75) is 61.1 Å². The highest BCUT2D eigenvalue weighted by Crippen LogP contribution is 2.31. The van der Waals surface area contributed by atoms with Gasteiger partial charge in [0.05, 0.1) is 28.6 Å². The summed E-state index contributed by atoms with van der Waals surface area (Å²) in [5.74, 6) is 0.681. The van der Waals surface area contributed by atoms with Crippen LogP contribution in [0.5, 0.6) is 0 Å². The summed E-state index contributed by atoms with van der Waals surface area (Å²) in [5, 5.41) is 0.788. The van der Waals surface area contributed by atoms with Crippen molar-refractivity contribution in [1.29, 1.82) is 0 Å². The van der Waals surface area contributed by atoms with Crippen molar-refractivity contribution in [3.8, 4) is 0 Å². The fraction of sp³-hybridized carbons (Fsp3) is 0.480. The van der Waals surface area contributed by atoms with Gasteiger partial charge in [-0.2, -0.15) is 4.31 Å². The quantitative estimate of drug-likeness (QED) is 0.422. The van der Waals surface area contributed by atoms with Gasteiger partial charge < -0.3 is 9.30 Å². The second-order valence-electron chi connectivity index (χ2n) is 9.32. The second-order valence-corrected chi connectivity index (χ2v) is 12.2. The van der Waals surface area contributed by atoms with E-state index in [4.69, 9.17) is 9.72 Å². The van der Waals surface area contributed by atoms with Crippen LogP contribution in [0.1, 0.15) is 38.2 Å². The summed E-state index contributed by atoms with van der Waals surface area (Å²) in [6, 6.07) is 11.8. The molecule has 0 N–H and O–H groups in total. The number of benzene rings is 2. The summed E-state index contributed by atoms with van der Waals surface area (Å²) in [7, 11) is -3.56. The Morgan fingerprint density at radius 3 is 2.82 bits per heavy atom. The molecule has 2 aromatic carbocycles. The van der Waals surface area contributed by atoms with E-state index in [1.54, 1.807) is 22.5 Å². The minimum atomic E-state index is -3.56. The number of sulfonamides is 1. The predicted molar refractivity (Wildman–Crippen MR) is 132 cm³/mol. The SMILES string of the molecule is C[C@H]1CCCN(S(=O)(=O)c2ccc3c(c2)nc(SCc2cccc(F)c2)n3C[C@H]2CCCO2)C1. The fourth-order valence-electron chi connectivity index (χ4n) is 4.81. The number of hydrogen-bond acceptors (Lipinski definition) is 5. The number of aromatic nitrogens is 2. The highest BCUT2D eigenvalue weighted by molar-refractivity contribution is 7.98. The van der Waals surface area contributed by atoms with Crippen LogP contribution in [0.15, 0.2) is 52.5 Å². The van der Waals surface area contributed by atoms with Crippen LogP contribution in [0.4, 0.5) is 4.39 Å². The monoisotopic (exact) mass is 503 g/mol. The first-order valence-corrected chi connectivity index (χ1v) is 14.3. The standard InChI is InChI=1S/C25H30FN3O3S2/c1-18-5-3-11-28(15-18)34(30,31)22-9-10-24-23(14-22)27-25(29(24)16-21-8-4-12-32-21)33-17-19-6-2-7-20(26)13-19/h2,6-7,9-10,13-14,18,21H,3-5,8,11-12,15-17H2,1H3/t18-,21+/m0/s1. The van der Waals surface area contributed by atoms with E-state index in [-0.39, 0.29) is 16.8 Å². The molecule has 2 fully saturated rings. The summed E-state index contributed by atoms with van der Waals surface area (Å²) in [5.41, 5.74) is 2.43. The summed E-state index contributed by atoms with van der Waals surface area (Å²) >= 11 is 1.53. The van der Waals surface area contributed by atoms with Gasteiger partial charge in [0, 0.05) is 25.4 Å². The van der Waals surface area contributed by atoms with E-state index in [1.807, 2.05) is 12.1 Å². The predicted octanol–water partition coefficient (Wildman–Crippen LogP) is 5.07. The van der Waals surface area contributed by atoms with Crippen LogP contribution in [-0.4, -0.2) is 48.1 Å². The van der Waals surface area contributed by atoms with Crippen molar-refractivity contribution < 1.29 is 17.5 Å². The van der Waals surface area contributed by atoms with Gasteiger partial charge in [0.15, 0.2) is 5.16 Å². The third-order valence-corrected chi connectivity index (χ3v) is 9.52. The highest BCUT2D eigenvalue weighted by Gasteiger charge is 2.29. The second kappa shape index (κ2) is 9.97. The molecule has 0 aliphatic carbocycles. The van der Waals surface area contributed by atoms with Gasteiger partial charge in [0.25, 0.3) is 0 Å². The molecule has 2 aliphatic heterocycles. The molecule has 0 amide bonds. The molecule has 182 valence electrons. The summed E-state index contributed by atoms with van der Waals surface area (Å²) in [4.78, 5) is 5.11. The maximum absolute atomic E-state index is 13.6. The minimum Gasteiger partial charge on any atom is -0.376 e. The molecule has 9 heteroatoms. The molecule has 0 spiro atoms. The Kier molecular flexibility index (Phi) is 6.97. The minimum absolute atomic E-state index is 0.115. The lowest BCUT2D eigenvalue weighted by atomic mass is 10.0. The van der Waals surface area contributed by atoms with Crippen LogP contribution in [-0.2, 0) is 27.1 Å². The van der Waals surface area contributed by atoms with Crippen molar-refractivity contribution >= 4 is 32.8 Å². The maximum atomic E-state index is 13.6. The Bertz CT molecular complexity index is 1270. The van der Waals surface area contributed by atoms with Crippen molar-refractivity contribution in [2.75, 3.05) is 19.7 Å². The number of hydrogen-bond donors (Lipinski definition) is 0. The Hall–Kier alpha value is -1.94. The molecule has 0 bridgehead atoms. The van der Waals surface area contributed by atoms with Gasteiger partial charge in [-0.25, -0.2) is 17.8 Å². The third-order valence-electron chi connectivity index (χ3n) is 6.61. The number of fused-ring (bicyclic) bond motifs is 1. The Labute approximate surface area is 204 Å². The average molecular weight is 504 g/mol. The van der Waals surface area contributed by atoms with Gasteiger partial charge in [0.1, 0.15) is 5.82 Å². The van der Waals surface area contributed by atoms with Gasteiger partial charge >= 0.3 is 0 Å². The maximum Gasteiger partial charge on any atom is 0.243 e. The number of thioether (sulfide) groups is 1. The van der Waals surface area contributed by atoms with Crippen LogP contribution in [0.3, 0.4) is 0 Å². The Balaban J connectivity index is 1.47. The first-order valence-electron chi connectivity index (χ1n) is 11.9. The van der Waals surface area contributed by atoms with Gasteiger partial charge in [-0.3, -0.25) is 0 Å². The van der Waals surface area contributed by atoms with E-state index in [0.29, 0.717) is 36.8 Å². The first kappa shape index (κ1) is 23.8. The lowest BCUT2D eigenvalue weighted by Gasteiger charge is -2.30. The Morgan fingerprint density at radius 2 is 2.06 bits per heavy atom. The number of halogens is 1. The van der Waals surface area contributed by atoms with Gasteiger partial charge in [-0.15, -0.1) is 0 Å². The van der Waals surface area contributed by atoms with E-state index in [1.165, 1.54) is 23.9 Å². The topological polar surface area (TPSA) is 64.4 Å². The number of ether oxygens (including phenoxy) is 1. The lowest BCUT2D eigenvalue weighted by molar-refractivity contribution is 0.0960. The summed E-state index contributed by atoms with van der Waals surface area (Å²) in [6.07, 6.45) is 4.10. The molecular formula is C25H30FN3O3S2. The molecule has 3 aromatic rings. The first-order chi connectivity index (χ1) is 16.4. The third kappa shape index (κ3) is 5.03. The van der Waals surface area contributed by atoms with Crippen molar-refractivity contribution in [3.63, 3.8) is 0 Å². The van der Waals surface area contributed by atoms with E-state index >= 15 is 0 Å². The van der Waals surface area contributed by atoms with Crippen LogP contribution < -0.4 is 0 Å². The molecule has 1 aromatic heterocycles. The van der Waals surface area contributed by atoms with E-state index in [9.17, 15) is 12.8 Å². The smallest absolute Gasteiger partial charge is 0.243 e. The molecule has 5 rings (SSSR count). The highest BCUT2D eigenvalue weighted by atomic mass is 32.2. The molecule has 0 unspecified atom stereocenters. The van der Waals surface area contributed by atoms with E-state index in [0.717, 1.165) is 48.5 Å².